The number of hydrogen-bond donors (Lipinski definition) is 1. The van der Waals surface area contributed by atoms with Gasteiger partial charge in [-0.15, -0.1) is 11.3 Å². The highest BCUT2D eigenvalue weighted by molar-refractivity contribution is 7.14. The van der Waals surface area contributed by atoms with Crippen LogP contribution in [-0.2, 0) is 22.3 Å². The summed E-state index contributed by atoms with van der Waals surface area (Å²) in [6, 6.07) is 3.67. The number of aromatic nitrogens is 2. The average molecular weight is 424 g/mol. The molecule has 2 aromatic heterocycles. The molecule has 2 aromatic rings. The van der Waals surface area contributed by atoms with E-state index in [9.17, 15) is 23.2 Å². The minimum absolute atomic E-state index is 0.142. The van der Waals surface area contributed by atoms with Gasteiger partial charge in [-0.25, -0.2) is 4.98 Å². The Kier molecular flexibility index (Phi) is 6.10. The fourth-order valence-electron chi connectivity index (χ4n) is 3.18. The van der Waals surface area contributed by atoms with Crippen molar-refractivity contribution in [1.29, 1.82) is 5.26 Å². The minimum Gasteiger partial charge on any atom is -0.376 e. The van der Waals surface area contributed by atoms with Gasteiger partial charge >= 0.3 is 6.18 Å². The summed E-state index contributed by atoms with van der Waals surface area (Å²) in [7, 11) is 0. The molecule has 3 rings (SSSR count). The van der Waals surface area contributed by atoms with Gasteiger partial charge in [-0.1, -0.05) is 0 Å². The van der Waals surface area contributed by atoms with Crippen LogP contribution in [0.1, 0.15) is 35.5 Å². The minimum atomic E-state index is -4.59. The van der Waals surface area contributed by atoms with Crippen LogP contribution < -0.4 is 5.32 Å². The van der Waals surface area contributed by atoms with Crippen molar-refractivity contribution < 1.29 is 22.7 Å². The lowest BCUT2D eigenvalue weighted by molar-refractivity contribution is -0.140. The van der Waals surface area contributed by atoms with Gasteiger partial charge in [-0.3, -0.25) is 10.1 Å². The van der Waals surface area contributed by atoms with Crippen LogP contribution in [0.15, 0.2) is 17.0 Å². The van der Waals surface area contributed by atoms with Crippen LogP contribution in [0.25, 0.3) is 6.08 Å². The lowest BCUT2D eigenvalue weighted by Crippen LogP contribution is -2.17. The molecule has 1 aliphatic rings. The van der Waals surface area contributed by atoms with Crippen LogP contribution in [0.4, 0.5) is 18.3 Å². The Labute approximate surface area is 169 Å². The van der Waals surface area contributed by atoms with E-state index in [1.165, 1.54) is 6.08 Å². The number of halogens is 3. The summed E-state index contributed by atoms with van der Waals surface area (Å²) in [6.07, 6.45) is -0.997. The van der Waals surface area contributed by atoms with Gasteiger partial charge < -0.3 is 9.30 Å². The molecule has 10 heteroatoms. The van der Waals surface area contributed by atoms with E-state index in [0.717, 1.165) is 36.2 Å². The molecule has 0 bridgehead atoms. The Morgan fingerprint density at radius 1 is 1.52 bits per heavy atom. The maximum Gasteiger partial charge on any atom is 0.434 e. The Morgan fingerprint density at radius 3 is 2.86 bits per heavy atom. The summed E-state index contributed by atoms with van der Waals surface area (Å²) in [5.41, 5.74) is 1.25. The first kappa shape index (κ1) is 21.1. The number of carbonyl (C=O) groups excluding carboxylic acids is 1. The van der Waals surface area contributed by atoms with E-state index in [-0.39, 0.29) is 16.8 Å². The molecule has 1 N–H and O–H groups in total. The number of nitrogens with zero attached hydrogens (tertiary/aromatic N) is 3. The third kappa shape index (κ3) is 4.86. The molecule has 154 valence electrons. The molecule has 29 heavy (non-hydrogen) atoms. The summed E-state index contributed by atoms with van der Waals surface area (Å²) in [6.45, 7) is 5.26. The van der Waals surface area contributed by atoms with Crippen molar-refractivity contribution >= 4 is 28.5 Å². The van der Waals surface area contributed by atoms with E-state index >= 15 is 0 Å². The first-order valence-electron chi connectivity index (χ1n) is 8.93. The number of thiazole rings is 1. The Balaban J connectivity index is 1.78. The molecule has 1 atom stereocenters. The van der Waals surface area contributed by atoms with E-state index in [0.29, 0.717) is 23.4 Å². The van der Waals surface area contributed by atoms with Crippen molar-refractivity contribution in [1.82, 2.24) is 9.55 Å². The van der Waals surface area contributed by atoms with Crippen molar-refractivity contribution in [2.24, 2.45) is 0 Å². The van der Waals surface area contributed by atoms with Crippen LogP contribution in [0.3, 0.4) is 0 Å². The molecule has 0 aliphatic carbocycles. The SMILES string of the molecule is Cc1cc(/C=C(\C#N)C(=O)Nc2nc(C(F)(F)F)cs2)c(C)n1CC1CCCO1. The largest absolute Gasteiger partial charge is 0.434 e. The van der Waals surface area contributed by atoms with Crippen molar-refractivity contribution in [3.05, 3.63) is 39.7 Å². The molecule has 0 radical (unpaired) electrons. The first-order chi connectivity index (χ1) is 13.7. The molecule has 1 saturated heterocycles. The summed E-state index contributed by atoms with van der Waals surface area (Å²) in [5.74, 6) is -0.806. The van der Waals surface area contributed by atoms with Crippen LogP contribution in [-0.4, -0.2) is 28.2 Å². The number of ether oxygens (including phenoxy) is 1. The molecule has 1 unspecified atom stereocenters. The van der Waals surface area contributed by atoms with Gasteiger partial charge in [-0.2, -0.15) is 18.4 Å². The molecule has 0 saturated carbocycles. The van der Waals surface area contributed by atoms with Gasteiger partial charge in [0.15, 0.2) is 10.8 Å². The number of anilines is 1. The van der Waals surface area contributed by atoms with E-state index in [4.69, 9.17) is 4.74 Å². The highest BCUT2D eigenvalue weighted by Gasteiger charge is 2.34. The highest BCUT2D eigenvalue weighted by Crippen LogP contribution is 2.31. The second-order valence-electron chi connectivity index (χ2n) is 6.73. The number of nitrogens with one attached hydrogen (secondary N) is 1. The number of alkyl halides is 3. The predicted octanol–water partition coefficient (Wildman–Crippen LogP) is 4.30. The molecule has 0 aromatic carbocycles. The second kappa shape index (κ2) is 8.39. The number of amides is 1. The van der Waals surface area contributed by atoms with Crippen LogP contribution in [0.2, 0.25) is 0 Å². The fourth-order valence-corrected chi connectivity index (χ4v) is 3.89. The zero-order chi connectivity index (χ0) is 21.2. The van der Waals surface area contributed by atoms with E-state index in [1.807, 2.05) is 19.9 Å². The van der Waals surface area contributed by atoms with E-state index in [2.05, 4.69) is 14.9 Å². The van der Waals surface area contributed by atoms with Gasteiger partial charge in [0.05, 0.1) is 6.10 Å². The molecule has 1 fully saturated rings. The zero-order valence-corrected chi connectivity index (χ0v) is 16.7. The molecule has 3 heterocycles. The quantitative estimate of drug-likeness (QED) is 0.573. The molecule has 6 nitrogen and oxygen atoms in total. The van der Waals surface area contributed by atoms with Crippen molar-refractivity contribution in [2.75, 3.05) is 11.9 Å². The number of hydrogen-bond acceptors (Lipinski definition) is 5. The highest BCUT2D eigenvalue weighted by atomic mass is 32.1. The maximum atomic E-state index is 12.6. The van der Waals surface area contributed by atoms with E-state index < -0.39 is 17.8 Å². The van der Waals surface area contributed by atoms with Gasteiger partial charge in [-0.05, 0) is 44.4 Å². The smallest absolute Gasteiger partial charge is 0.376 e. The molecule has 1 aliphatic heterocycles. The van der Waals surface area contributed by atoms with Crippen molar-refractivity contribution in [3.63, 3.8) is 0 Å². The second-order valence-corrected chi connectivity index (χ2v) is 7.59. The van der Waals surface area contributed by atoms with Gasteiger partial charge in [0.1, 0.15) is 11.6 Å². The third-order valence-corrected chi connectivity index (χ3v) is 5.46. The summed E-state index contributed by atoms with van der Waals surface area (Å²) in [4.78, 5) is 15.7. The Morgan fingerprint density at radius 2 is 2.28 bits per heavy atom. The Hall–Kier alpha value is -2.64. The van der Waals surface area contributed by atoms with Crippen LogP contribution in [0.5, 0.6) is 0 Å². The van der Waals surface area contributed by atoms with Crippen molar-refractivity contribution in [2.45, 2.75) is 45.5 Å². The lowest BCUT2D eigenvalue weighted by atomic mass is 10.1. The number of rotatable bonds is 5. The molecule has 0 spiro atoms. The lowest BCUT2D eigenvalue weighted by Gasteiger charge is -2.14. The zero-order valence-electron chi connectivity index (χ0n) is 15.8. The summed E-state index contributed by atoms with van der Waals surface area (Å²) < 4.78 is 45.7. The van der Waals surface area contributed by atoms with Crippen LogP contribution >= 0.6 is 11.3 Å². The molecule has 1 amide bonds. The topological polar surface area (TPSA) is 79.9 Å². The van der Waals surface area contributed by atoms with Crippen LogP contribution in [0, 0.1) is 25.2 Å². The Bertz CT molecular complexity index is 979. The first-order valence-corrected chi connectivity index (χ1v) is 9.81. The fraction of sp³-hybridized carbons (Fsp3) is 0.421. The molecular formula is C19H19F3N4O2S. The summed E-state index contributed by atoms with van der Waals surface area (Å²) >= 11 is 0.649. The number of carbonyl (C=O) groups is 1. The summed E-state index contributed by atoms with van der Waals surface area (Å²) in [5, 5.41) is 12.2. The monoisotopic (exact) mass is 424 g/mol. The predicted molar refractivity (Wildman–Crippen MR) is 102 cm³/mol. The average Bonchev–Trinajstić information content (AvgIpc) is 3.37. The normalized spacial score (nSPS) is 17.4. The molecular weight excluding hydrogens is 405 g/mol. The third-order valence-electron chi connectivity index (χ3n) is 4.70. The van der Waals surface area contributed by atoms with Crippen molar-refractivity contribution in [3.8, 4) is 6.07 Å². The van der Waals surface area contributed by atoms with E-state index in [1.54, 1.807) is 6.07 Å². The maximum absolute atomic E-state index is 12.6. The van der Waals surface area contributed by atoms with Gasteiger partial charge in [0.25, 0.3) is 5.91 Å². The number of aryl methyl sites for hydroxylation is 1. The number of nitriles is 1. The standard InChI is InChI=1S/C19H19F3N4O2S/c1-11-6-13(12(2)26(11)9-15-4-3-5-28-15)7-14(8-23)17(27)25-18-24-16(10-29-18)19(20,21)22/h6-7,10,15H,3-5,9H2,1-2H3,(H,24,25,27)/b14-7+. The van der Waals surface area contributed by atoms with Gasteiger partial charge in [0, 0.05) is 29.9 Å². The van der Waals surface area contributed by atoms with Gasteiger partial charge in [0.2, 0.25) is 0 Å².